The van der Waals surface area contributed by atoms with Gasteiger partial charge in [0.1, 0.15) is 0 Å². The van der Waals surface area contributed by atoms with Gasteiger partial charge in [-0.2, -0.15) is 0 Å². The molecule has 0 aromatic heterocycles. The minimum Gasteiger partial charge on any atom is -0.481 e. The Hall–Kier alpha value is -1.84. The predicted octanol–water partition coefficient (Wildman–Crippen LogP) is 4.84. The molecule has 1 atom stereocenters. The van der Waals surface area contributed by atoms with Gasteiger partial charge in [0.2, 0.25) is 0 Å². The Morgan fingerprint density at radius 2 is 1.88 bits per heavy atom. The molecule has 0 bridgehead atoms. The average Bonchev–Trinajstić information content (AvgIpc) is 2.58. The number of hydrogen-bond acceptors (Lipinski definition) is 2. The molecule has 1 unspecified atom stereocenters. The highest BCUT2D eigenvalue weighted by atomic mass is 35.5. The van der Waals surface area contributed by atoms with Crippen LogP contribution in [0.1, 0.15) is 41.1 Å². The number of carboxylic acids is 1. The van der Waals surface area contributed by atoms with E-state index in [0.29, 0.717) is 12.8 Å². The summed E-state index contributed by atoms with van der Waals surface area (Å²) in [5, 5.41) is 10.0. The Bertz CT molecular complexity index is 766. The fourth-order valence-electron chi connectivity index (χ4n) is 3.80. The summed E-state index contributed by atoms with van der Waals surface area (Å²) in [4.78, 5) is 13.7. The van der Waals surface area contributed by atoms with Crippen LogP contribution in [0.4, 0.5) is 0 Å². The van der Waals surface area contributed by atoms with Crippen LogP contribution in [0.15, 0.2) is 42.5 Å². The fraction of sp³-hybridized carbons (Fsp3) is 0.381. The fourth-order valence-corrected chi connectivity index (χ4v) is 4.00. The molecule has 0 aliphatic carbocycles. The zero-order valence-corrected chi connectivity index (χ0v) is 15.5. The second-order valence-electron chi connectivity index (χ2n) is 6.97. The second kappa shape index (κ2) is 7.59. The first-order valence-corrected chi connectivity index (χ1v) is 9.13. The van der Waals surface area contributed by atoms with Gasteiger partial charge in [-0.05, 0) is 68.6 Å². The van der Waals surface area contributed by atoms with Crippen molar-refractivity contribution in [3.8, 4) is 0 Å². The minimum absolute atomic E-state index is 0.106. The standard InChI is InChI=1S/C21H24ClNO2/c1-14-6-7-19(15(2)12-14)20(17-4-3-5-18(22)13-17)23-10-8-16(9-11-23)21(24)25/h3-7,12-13,16,20H,8-11H2,1-2H3,(H,24,25). The smallest absolute Gasteiger partial charge is 0.306 e. The monoisotopic (exact) mass is 357 g/mol. The van der Waals surface area contributed by atoms with Crippen LogP contribution in [0.3, 0.4) is 0 Å². The maximum absolute atomic E-state index is 11.3. The molecule has 1 saturated heterocycles. The van der Waals surface area contributed by atoms with Gasteiger partial charge in [-0.1, -0.05) is 47.5 Å². The van der Waals surface area contributed by atoms with Crippen molar-refractivity contribution in [2.24, 2.45) is 5.92 Å². The molecule has 3 rings (SSSR count). The van der Waals surface area contributed by atoms with E-state index in [0.717, 1.165) is 23.7 Å². The van der Waals surface area contributed by atoms with Crippen molar-refractivity contribution in [1.82, 2.24) is 4.90 Å². The maximum atomic E-state index is 11.3. The number of likely N-dealkylation sites (tertiary alicyclic amines) is 1. The summed E-state index contributed by atoms with van der Waals surface area (Å²) in [5.74, 6) is -0.902. The van der Waals surface area contributed by atoms with Gasteiger partial charge >= 0.3 is 5.97 Å². The lowest BCUT2D eigenvalue weighted by Gasteiger charge is -2.37. The van der Waals surface area contributed by atoms with Crippen molar-refractivity contribution in [1.29, 1.82) is 0 Å². The summed E-state index contributed by atoms with van der Waals surface area (Å²) in [6.07, 6.45) is 1.38. The lowest BCUT2D eigenvalue weighted by molar-refractivity contribution is -0.143. The minimum atomic E-state index is -0.675. The SMILES string of the molecule is Cc1ccc(C(c2cccc(Cl)c2)N2CCC(C(=O)O)CC2)c(C)c1. The average molecular weight is 358 g/mol. The summed E-state index contributed by atoms with van der Waals surface area (Å²) in [5.41, 5.74) is 4.93. The first-order valence-electron chi connectivity index (χ1n) is 8.75. The molecule has 0 radical (unpaired) electrons. The van der Waals surface area contributed by atoms with Gasteiger partial charge < -0.3 is 5.11 Å². The number of halogens is 1. The first-order chi connectivity index (χ1) is 12.0. The number of nitrogens with zero attached hydrogens (tertiary/aromatic N) is 1. The third kappa shape index (κ3) is 4.05. The highest BCUT2D eigenvalue weighted by molar-refractivity contribution is 6.30. The van der Waals surface area contributed by atoms with Crippen molar-refractivity contribution in [3.05, 3.63) is 69.7 Å². The molecular weight excluding hydrogens is 334 g/mol. The van der Waals surface area contributed by atoms with Gasteiger partial charge in [-0.3, -0.25) is 9.69 Å². The van der Waals surface area contributed by atoms with Gasteiger partial charge in [0.05, 0.1) is 12.0 Å². The van der Waals surface area contributed by atoms with E-state index in [9.17, 15) is 9.90 Å². The molecule has 0 spiro atoms. The molecule has 1 fully saturated rings. The van der Waals surface area contributed by atoms with Crippen molar-refractivity contribution in [2.75, 3.05) is 13.1 Å². The zero-order chi connectivity index (χ0) is 18.0. The van der Waals surface area contributed by atoms with Crippen molar-refractivity contribution in [2.45, 2.75) is 32.7 Å². The van der Waals surface area contributed by atoms with Crippen LogP contribution in [0.2, 0.25) is 5.02 Å². The van der Waals surface area contributed by atoms with Crippen LogP contribution in [0.5, 0.6) is 0 Å². The van der Waals surface area contributed by atoms with Crippen LogP contribution < -0.4 is 0 Å². The van der Waals surface area contributed by atoms with E-state index in [1.54, 1.807) is 0 Å². The normalized spacial score (nSPS) is 17.4. The molecular formula is C21H24ClNO2. The van der Waals surface area contributed by atoms with Gasteiger partial charge in [0.15, 0.2) is 0 Å². The Kier molecular flexibility index (Phi) is 5.45. The van der Waals surface area contributed by atoms with Crippen molar-refractivity contribution >= 4 is 17.6 Å². The van der Waals surface area contributed by atoms with Crippen molar-refractivity contribution < 1.29 is 9.90 Å². The third-order valence-corrected chi connectivity index (χ3v) is 5.36. The maximum Gasteiger partial charge on any atom is 0.306 e. The number of benzene rings is 2. The topological polar surface area (TPSA) is 40.5 Å². The van der Waals surface area contributed by atoms with Crippen LogP contribution in [-0.2, 0) is 4.79 Å². The highest BCUT2D eigenvalue weighted by Crippen LogP contribution is 2.35. The molecule has 2 aromatic rings. The van der Waals surface area contributed by atoms with Gasteiger partial charge in [-0.25, -0.2) is 0 Å². The molecule has 1 N–H and O–H groups in total. The summed E-state index contributed by atoms with van der Waals surface area (Å²) in [6, 6.07) is 14.7. The van der Waals surface area contributed by atoms with Gasteiger partial charge in [-0.15, -0.1) is 0 Å². The van der Waals surface area contributed by atoms with E-state index >= 15 is 0 Å². The number of aryl methyl sites for hydroxylation is 2. The molecule has 132 valence electrons. The highest BCUT2D eigenvalue weighted by Gasteiger charge is 2.30. The van der Waals surface area contributed by atoms with E-state index in [1.807, 2.05) is 18.2 Å². The molecule has 4 heteroatoms. The molecule has 0 amide bonds. The molecule has 1 aliphatic heterocycles. The van der Waals surface area contributed by atoms with E-state index in [1.165, 1.54) is 16.7 Å². The molecule has 2 aromatic carbocycles. The van der Waals surface area contributed by atoms with E-state index in [4.69, 9.17) is 11.6 Å². The van der Waals surface area contributed by atoms with Crippen LogP contribution >= 0.6 is 11.6 Å². The molecule has 25 heavy (non-hydrogen) atoms. The number of carbonyl (C=O) groups is 1. The zero-order valence-electron chi connectivity index (χ0n) is 14.7. The van der Waals surface area contributed by atoms with E-state index < -0.39 is 5.97 Å². The van der Waals surface area contributed by atoms with Crippen molar-refractivity contribution in [3.63, 3.8) is 0 Å². The molecule has 3 nitrogen and oxygen atoms in total. The number of rotatable bonds is 4. The Morgan fingerprint density at radius 1 is 1.16 bits per heavy atom. The first kappa shape index (κ1) is 18.0. The Morgan fingerprint density at radius 3 is 2.48 bits per heavy atom. The van der Waals surface area contributed by atoms with Crippen LogP contribution in [-0.4, -0.2) is 29.1 Å². The van der Waals surface area contributed by atoms with Gasteiger partial charge in [0.25, 0.3) is 0 Å². The van der Waals surface area contributed by atoms with Gasteiger partial charge in [0, 0.05) is 5.02 Å². The Balaban J connectivity index is 1.97. The molecule has 1 aliphatic rings. The predicted molar refractivity (Wildman–Crippen MR) is 101 cm³/mol. The van der Waals surface area contributed by atoms with E-state index in [-0.39, 0.29) is 12.0 Å². The number of carboxylic acid groups (broad SMARTS) is 1. The quantitative estimate of drug-likeness (QED) is 0.850. The summed E-state index contributed by atoms with van der Waals surface area (Å²) in [7, 11) is 0. The van der Waals surface area contributed by atoms with Crippen LogP contribution in [0.25, 0.3) is 0 Å². The Labute approximate surface area is 154 Å². The number of aliphatic carboxylic acids is 1. The van der Waals surface area contributed by atoms with E-state index in [2.05, 4.69) is 43.0 Å². The summed E-state index contributed by atoms with van der Waals surface area (Å²) < 4.78 is 0. The summed E-state index contributed by atoms with van der Waals surface area (Å²) in [6.45, 7) is 5.80. The second-order valence-corrected chi connectivity index (χ2v) is 7.40. The number of hydrogen-bond donors (Lipinski definition) is 1. The summed E-state index contributed by atoms with van der Waals surface area (Å²) >= 11 is 6.25. The largest absolute Gasteiger partial charge is 0.481 e. The molecule has 0 saturated carbocycles. The number of piperidine rings is 1. The lowest BCUT2D eigenvalue weighted by Crippen LogP contribution is -2.39. The lowest BCUT2D eigenvalue weighted by atomic mass is 9.89. The van der Waals surface area contributed by atoms with Crippen LogP contribution in [0, 0.1) is 19.8 Å². The molecule has 1 heterocycles. The third-order valence-electron chi connectivity index (χ3n) is 5.13.